The van der Waals surface area contributed by atoms with Crippen LogP contribution in [0.15, 0.2) is 297 Å². The third kappa shape index (κ3) is 7.67. The molecule has 15 rings (SSSR count). The van der Waals surface area contributed by atoms with Gasteiger partial charge in [0.25, 0.3) is 0 Å². The van der Waals surface area contributed by atoms with Crippen molar-refractivity contribution in [2.24, 2.45) is 0 Å². The molecule has 81 heavy (non-hydrogen) atoms. The molecule has 12 aromatic carbocycles. The number of para-hydroxylation sites is 1. The number of nitrogens with one attached hydrogen (secondary N) is 1. The summed E-state index contributed by atoms with van der Waals surface area (Å²) in [5, 5.41) is 12.9. The summed E-state index contributed by atoms with van der Waals surface area (Å²) >= 11 is 0. The minimum absolute atomic E-state index is 0.716. The molecule has 0 aliphatic heterocycles. The number of benzene rings is 12. The van der Waals surface area contributed by atoms with Gasteiger partial charge in [-0.25, -0.2) is 0 Å². The first-order chi connectivity index (χ1) is 39.8. The molecule has 0 saturated carbocycles. The first kappa shape index (κ1) is 48.8. The van der Waals surface area contributed by atoms with Crippen LogP contribution in [-0.4, -0.2) is 14.1 Å². The van der Waals surface area contributed by atoms with Crippen LogP contribution in [0.1, 0.15) is 0 Å². The SMILES string of the molecule is O=P(c1ccccc1)(c1ccccc1)c1ccc2c(c1)c1ccccc1n2-c1ccc2[nH]c3ccc(-n4c5ccc(P(=O)(c6ccccc6)c6ccccc6)cc5c5cc(P(=O)(c6ccccc6)c6ccccc6)ccc54)cc3c2c1. The molecule has 0 bridgehead atoms. The van der Waals surface area contributed by atoms with Crippen LogP contribution in [0.5, 0.6) is 0 Å². The number of aromatic nitrogens is 3. The Bertz CT molecular complexity index is 4790. The van der Waals surface area contributed by atoms with Crippen LogP contribution in [-0.2, 0) is 13.7 Å². The second kappa shape index (κ2) is 19.2. The molecule has 0 fully saturated rings. The molecule has 1 N–H and O–H groups in total. The average Bonchev–Trinajstić information content (AvgIpc) is 4.00. The summed E-state index contributed by atoms with van der Waals surface area (Å²) in [6, 6.07) is 99.4. The quantitative estimate of drug-likeness (QED) is 0.131. The summed E-state index contributed by atoms with van der Waals surface area (Å²) < 4.78 is 52.4. The Morgan fingerprint density at radius 2 is 0.494 bits per heavy atom. The molecule has 0 saturated heterocycles. The van der Waals surface area contributed by atoms with Gasteiger partial charge in [-0.15, -0.1) is 0 Å². The monoisotopic (exact) mass is 1100 g/mol. The Morgan fingerprint density at radius 3 is 0.815 bits per heavy atom. The summed E-state index contributed by atoms with van der Waals surface area (Å²) in [4.78, 5) is 3.73. The molecule has 0 aliphatic carbocycles. The summed E-state index contributed by atoms with van der Waals surface area (Å²) in [5.41, 5.74) is 7.89. The standard InChI is InChI=1S/C72H50N3O3P3/c76-79(52-21-7-1-8-22-52,53-23-9-2-10-24-53)58-37-42-70-64(47-58)61-33-19-20-34-69(61)74(70)50-35-40-67-62(45-50)63-46-51(36-41-68(63)73-67)75-71-43-38-59(80(77,54-25-11-3-12-26-54)55-27-13-4-14-28-55)48-65(71)66-49-60(39-44-72(66)75)81(78,56-29-15-5-16-30-56)57-31-17-6-18-32-57/h1-49,73H. The summed E-state index contributed by atoms with van der Waals surface area (Å²) in [5.74, 6) is 0. The van der Waals surface area contributed by atoms with E-state index in [1.807, 2.05) is 194 Å². The van der Waals surface area contributed by atoms with Gasteiger partial charge in [-0.3, -0.25) is 0 Å². The lowest BCUT2D eigenvalue weighted by molar-refractivity contribution is 0.591. The van der Waals surface area contributed by atoms with E-state index in [1.165, 1.54) is 0 Å². The van der Waals surface area contributed by atoms with E-state index in [2.05, 4.69) is 117 Å². The van der Waals surface area contributed by atoms with Crippen molar-refractivity contribution in [2.45, 2.75) is 0 Å². The molecule has 3 aromatic heterocycles. The lowest BCUT2D eigenvalue weighted by atomic mass is 10.1. The van der Waals surface area contributed by atoms with Crippen molar-refractivity contribution in [3.8, 4) is 11.4 Å². The number of nitrogens with zero attached hydrogens (tertiary/aromatic N) is 2. The fraction of sp³-hybridized carbons (Fsp3) is 0. The van der Waals surface area contributed by atoms with Gasteiger partial charge < -0.3 is 27.8 Å². The summed E-state index contributed by atoms with van der Waals surface area (Å²) in [6.45, 7) is 0. The van der Waals surface area contributed by atoms with Crippen molar-refractivity contribution in [1.82, 2.24) is 14.1 Å². The average molecular weight is 1100 g/mol. The van der Waals surface area contributed by atoms with Crippen molar-refractivity contribution in [3.63, 3.8) is 0 Å². The maximum atomic E-state index is 16.1. The Kier molecular flexibility index (Phi) is 11.6. The lowest BCUT2D eigenvalue weighted by Gasteiger charge is -2.20. The summed E-state index contributed by atoms with van der Waals surface area (Å²) in [6.07, 6.45) is 0. The second-order valence-corrected chi connectivity index (χ2v) is 29.0. The van der Waals surface area contributed by atoms with E-state index in [1.54, 1.807) is 0 Å². The van der Waals surface area contributed by atoms with E-state index in [9.17, 15) is 0 Å². The normalized spacial score (nSPS) is 12.3. The van der Waals surface area contributed by atoms with Crippen molar-refractivity contribution >= 4 is 135 Å². The minimum Gasteiger partial charge on any atom is -0.355 e. The molecule has 15 aromatic rings. The fourth-order valence-electron chi connectivity index (χ4n) is 12.4. The van der Waals surface area contributed by atoms with Crippen molar-refractivity contribution in [2.75, 3.05) is 0 Å². The number of aromatic amines is 1. The first-order valence-corrected chi connectivity index (χ1v) is 32.3. The third-order valence-electron chi connectivity index (χ3n) is 16.3. The van der Waals surface area contributed by atoms with Crippen molar-refractivity contribution in [3.05, 3.63) is 297 Å². The van der Waals surface area contributed by atoms with E-state index in [0.717, 1.165) is 114 Å². The van der Waals surface area contributed by atoms with Gasteiger partial charge in [-0.05, 0) is 97.1 Å². The van der Waals surface area contributed by atoms with E-state index < -0.39 is 21.4 Å². The topological polar surface area (TPSA) is 76.9 Å². The van der Waals surface area contributed by atoms with Gasteiger partial charge in [0.05, 0.1) is 22.1 Å². The second-order valence-electron chi connectivity index (χ2n) is 20.7. The van der Waals surface area contributed by atoms with Crippen LogP contribution in [0.3, 0.4) is 0 Å². The Morgan fingerprint density at radius 1 is 0.222 bits per heavy atom. The number of fused-ring (bicyclic) bond motifs is 9. The van der Waals surface area contributed by atoms with Crippen LogP contribution < -0.4 is 47.7 Å². The van der Waals surface area contributed by atoms with Crippen LogP contribution in [0, 0.1) is 0 Å². The van der Waals surface area contributed by atoms with Gasteiger partial charge in [0.2, 0.25) is 0 Å². The van der Waals surface area contributed by atoms with Gasteiger partial charge in [-0.1, -0.05) is 200 Å². The van der Waals surface area contributed by atoms with E-state index in [4.69, 9.17) is 0 Å². The molecular weight excluding hydrogens is 1050 g/mol. The van der Waals surface area contributed by atoms with Crippen LogP contribution in [0.4, 0.5) is 0 Å². The molecule has 0 spiro atoms. The molecule has 3 heterocycles. The van der Waals surface area contributed by atoms with E-state index >= 15 is 13.7 Å². The zero-order chi connectivity index (χ0) is 54.3. The van der Waals surface area contributed by atoms with Gasteiger partial charge in [-0.2, -0.15) is 0 Å². The third-order valence-corrected chi connectivity index (χ3v) is 25.4. The van der Waals surface area contributed by atoms with Crippen LogP contribution >= 0.6 is 21.4 Å². The van der Waals surface area contributed by atoms with Gasteiger partial charge >= 0.3 is 0 Å². The lowest BCUT2D eigenvalue weighted by Crippen LogP contribution is -2.25. The molecule has 0 amide bonds. The molecule has 6 nitrogen and oxygen atoms in total. The first-order valence-electron chi connectivity index (χ1n) is 27.1. The molecule has 0 aliphatic rings. The summed E-state index contributed by atoms with van der Waals surface area (Å²) in [7, 11) is -10.0. The van der Waals surface area contributed by atoms with Crippen LogP contribution in [0.2, 0.25) is 0 Å². The Balaban J connectivity index is 0.928. The molecule has 0 radical (unpaired) electrons. The predicted octanol–water partition coefficient (Wildman–Crippen LogP) is 14.4. The maximum Gasteiger partial charge on any atom is 0.171 e. The molecular formula is C72H50N3O3P3. The van der Waals surface area contributed by atoms with Gasteiger partial charge in [0.1, 0.15) is 0 Å². The largest absolute Gasteiger partial charge is 0.355 e. The highest BCUT2D eigenvalue weighted by Crippen LogP contribution is 2.48. The fourth-order valence-corrected chi connectivity index (χ4v) is 20.4. The molecule has 0 unspecified atom stereocenters. The highest BCUT2D eigenvalue weighted by Gasteiger charge is 2.34. The zero-order valence-corrected chi connectivity index (χ0v) is 46.4. The molecule has 386 valence electrons. The zero-order valence-electron chi connectivity index (χ0n) is 43.8. The Hall–Kier alpha value is -9.27. The smallest absolute Gasteiger partial charge is 0.171 e. The molecule has 0 atom stereocenters. The van der Waals surface area contributed by atoms with Crippen molar-refractivity contribution < 1.29 is 13.7 Å². The number of hydrogen-bond donors (Lipinski definition) is 1. The van der Waals surface area contributed by atoms with Crippen LogP contribution in [0.25, 0.3) is 76.8 Å². The number of rotatable bonds is 11. The number of hydrogen-bond acceptors (Lipinski definition) is 3. The maximum absolute atomic E-state index is 16.1. The minimum atomic E-state index is -3.39. The predicted molar refractivity (Wildman–Crippen MR) is 343 cm³/mol. The highest BCUT2D eigenvalue weighted by atomic mass is 31.2. The van der Waals surface area contributed by atoms with E-state index in [-0.39, 0.29) is 0 Å². The van der Waals surface area contributed by atoms with Gasteiger partial charge in [0, 0.05) is 102 Å². The van der Waals surface area contributed by atoms with Gasteiger partial charge in [0.15, 0.2) is 21.4 Å². The molecule has 9 heteroatoms. The Labute approximate surface area is 468 Å². The number of H-pyrrole nitrogens is 1. The highest BCUT2D eigenvalue weighted by molar-refractivity contribution is 7.86. The van der Waals surface area contributed by atoms with Crippen molar-refractivity contribution in [1.29, 1.82) is 0 Å². The van der Waals surface area contributed by atoms with E-state index in [0.29, 0.717) is 10.6 Å².